The lowest BCUT2D eigenvalue weighted by molar-refractivity contribution is 0.465. The number of nitrogens with zero attached hydrogens (tertiary/aromatic N) is 1. The van der Waals surface area contributed by atoms with E-state index in [1.165, 1.54) is 30.4 Å². The highest BCUT2D eigenvalue weighted by Crippen LogP contribution is 2.29. The highest BCUT2D eigenvalue weighted by atomic mass is 14.9. The SMILES string of the molecule is N#CCCNC1CCCc2ccccc21. The van der Waals surface area contributed by atoms with Gasteiger partial charge in [0.2, 0.25) is 0 Å². The summed E-state index contributed by atoms with van der Waals surface area (Å²) in [7, 11) is 0. The van der Waals surface area contributed by atoms with E-state index < -0.39 is 0 Å². The Balaban J connectivity index is 2.06. The largest absolute Gasteiger partial charge is 0.309 e. The number of fused-ring (bicyclic) bond motifs is 1. The van der Waals surface area contributed by atoms with Crippen LogP contribution in [0.3, 0.4) is 0 Å². The molecule has 0 heterocycles. The van der Waals surface area contributed by atoms with E-state index in [0.29, 0.717) is 12.5 Å². The summed E-state index contributed by atoms with van der Waals surface area (Å²) in [6.45, 7) is 0.801. The second-order valence-corrected chi connectivity index (χ2v) is 4.01. The maximum atomic E-state index is 8.50. The monoisotopic (exact) mass is 200 g/mol. The molecule has 2 nitrogen and oxygen atoms in total. The van der Waals surface area contributed by atoms with Gasteiger partial charge in [0.1, 0.15) is 0 Å². The van der Waals surface area contributed by atoms with Crippen LogP contribution in [0.1, 0.15) is 36.4 Å². The molecule has 1 N–H and O–H groups in total. The van der Waals surface area contributed by atoms with Crippen LogP contribution in [0.2, 0.25) is 0 Å². The fraction of sp³-hybridized carbons (Fsp3) is 0.462. The van der Waals surface area contributed by atoms with Crippen LogP contribution < -0.4 is 5.32 Å². The first-order chi connectivity index (χ1) is 7.42. The smallest absolute Gasteiger partial charge is 0.0635 e. The van der Waals surface area contributed by atoms with Gasteiger partial charge in [0.05, 0.1) is 6.07 Å². The molecule has 2 heteroatoms. The first kappa shape index (κ1) is 10.2. The Morgan fingerprint density at radius 1 is 1.40 bits per heavy atom. The molecule has 78 valence electrons. The summed E-state index contributed by atoms with van der Waals surface area (Å²) in [5.74, 6) is 0. The van der Waals surface area contributed by atoms with Crippen molar-refractivity contribution in [1.82, 2.24) is 5.32 Å². The van der Waals surface area contributed by atoms with E-state index in [1.807, 2.05) is 0 Å². The van der Waals surface area contributed by atoms with E-state index in [-0.39, 0.29) is 0 Å². The third-order valence-electron chi connectivity index (χ3n) is 3.00. The molecule has 15 heavy (non-hydrogen) atoms. The summed E-state index contributed by atoms with van der Waals surface area (Å²) < 4.78 is 0. The molecule has 0 saturated carbocycles. The molecule has 1 unspecified atom stereocenters. The number of nitrogens with one attached hydrogen (secondary N) is 1. The van der Waals surface area contributed by atoms with Crippen molar-refractivity contribution in [3.05, 3.63) is 35.4 Å². The van der Waals surface area contributed by atoms with Crippen molar-refractivity contribution < 1.29 is 0 Å². The van der Waals surface area contributed by atoms with Gasteiger partial charge < -0.3 is 5.32 Å². The molecule has 1 aliphatic carbocycles. The quantitative estimate of drug-likeness (QED) is 0.761. The zero-order chi connectivity index (χ0) is 10.5. The third kappa shape index (κ3) is 2.37. The molecule has 2 rings (SSSR count). The number of rotatable bonds is 3. The Labute approximate surface area is 90.9 Å². The molecule has 1 aromatic carbocycles. The van der Waals surface area contributed by atoms with Crippen LogP contribution in [-0.2, 0) is 6.42 Å². The van der Waals surface area contributed by atoms with E-state index in [0.717, 1.165) is 6.54 Å². The minimum absolute atomic E-state index is 0.461. The van der Waals surface area contributed by atoms with Crippen LogP contribution in [0.25, 0.3) is 0 Å². The van der Waals surface area contributed by atoms with Crippen molar-refractivity contribution >= 4 is 0 Å². The molecule has 0 amide bonds. The van der Waals surface area contributed by atoms with Crippen molar-refractivity contribution in [3.63, 3.8) is 0 Å². The van der Waals surface area contributed by atoms with Crippen molar-refractivity contribution in [2.24, 2.45) is 0 Å². The van der Waals surface area contributed by atoms with Gasteiger partial charge in [-0.05, 0) is 30.4 Å². The van der Waals surface area contributed by atoms with E-state index in [2.05, 4.69) is 35.7 Å². The molecule has 1 aliphatic rings. The lowest BCUT2D eigenvalue weighted by atomic mass is 9.88. The first-order valence-electron chi connectivity index (χ1n) is 5.60. The molecule has 0 bridgehead atoms. The molecule has 0 fully saturated rings. The van der Waals surface area contributed by atoms with Crippen LogP contribution in [0.5, 0.6) is 0 Å². The van der Waals surface area contributed by atoms with Crippen molar-refractivity contribution in [2.75, 3.05) is 6.54 Å². The third-order valence-corrected chi connectivity index (χ3v) is 3.00. The normalized spacial score (nSPS) is 19.3. The van der Waals surface area contributed by atoms with E-state index in [4.69, 9.17) is 5.26 Å². The minimum Gasteiger partial charge on any atom is -0.309 e. The van der Waals surface area contributed by atoms with Crippen molar-refractivity contribution in [1.29, 1.82) is 5.26 Å². The van der Waals surface area contributed by atoms with E-state index >= 15 is 0 Å². The molecule has 0 aliphatic heterocycles. The standard InChI is InChI=1S/C13H16N2/c14-9-4-10-15-13-8-3-6-11-5-1-2-7-12(11)13/h1-2,5,7,13,15H,3-4,6,8,10H2. The van der Waals surface area contributed by atoms with Crippen LogP contribution in [-0.4, -0.2) is 6.54 Å². The topological polar surface area (TPSA) is 35.8 Å². The maximum Gasteiger partial charge on any atom is 0.0635 e. The minimum atomic E-state index is 0.461. The zero-order valence-electron chi connectivity index (χ0n) is 8.87. The van der Waals surface area contributed by atoms with Gasteiger partial charge >= 0.3 is 0 Å². The lowest BCUT2D eigenvalue weighted by Gasteiger charge is -2.26. The zero-order valence-corrected chi connectivity index (χ0v) is 8.87. The number of hydrogen-bond acceptors (Lipinski definition) is 2. The number of nitriles is 1. The molecular weight excluding hydrogens is 184 g/mol. The fourth-order valence-electron chi connectivity index (χ4n) is 2.27. The van der Waals surface area contributed by atoms with Crippen LogP contribution in [0.15, 0.2) is 24.3 Å². The molecule has 0 saturated heterocycles. The Hall–Kier alpha value is -1.33. The second kappa shape index (κ2) is 4.95. The number of aryl methyl sites for hydroxylation is 1. The van der Waals surface area contributed by atoms with Gasteiger partial charge in [-0.3, -0.25) is 0 Å². The highest BCUT2D eigenvalue weighted by molar-refractivity contribution is 5.32. The van der Waals surface area contributed by atoms with Crippen LogP contribution in [0, 0.1) is 11.3 Å². The Kier molecular flexibility index (Phi) is 3.37. The average molecular weight is 200 g/mol. The molecule has 0 radical (unpaired) electrons. The van der Waals surface area contributed by atoms with Crippen LogP contribution in [0.4, 0.5) is 0 Å². The number of hydrogen-bond donors (Lipinski definition) is 1. The van der Waals surface area contributed by atoms with Crippen molar-refractivity contribution in [3.8, 4) is 6.07 Å². The van der Waals surface area contributed by atoms with Gasteiger partial charge in [0, 0.05) is 19.0 Å². The highest BCUT2D eigenvalue weighted by Gasteiger charge is 2.18. The van der Waals surface area contributed by atoms with Gasteiger partial charge in [0.25, 0.3) is 0 Å². The van der Waals surface area contributed by atoms with Crippen LogP contribution >= 0.6 is 0 Å². The fourth-order valence-corrected chi connectivity index (χ4v) is 2.27. The average Bonchev–Trinajstić information content (AvgIpc) is 2.30. The summed E-state index contributed by atoms with van der Waals surface area (Å²) in [5.41, 5.74) is 2.90. The van der Waals surface area contributed by atoms with E-state index in [9.17, 15) is 0 Å². The summed E-state index contributed by atoms with van der Waals surface area (Å²) in [4.78, 5) is 0. The molecule has 0 spiro atoms. The summed E-state index contributed by atoms with van der Waals surface area (Å²) >= 11 is 0. The first-order valence-corrected chi connectivity index (χ1v) is 5.60. The van der Waals surface area contributed by atoms with Gasteiger partial charge in [0.15, 0.2) is 0 Å². The molecular formula is C13H16N2. The predicted molar refractivity (Wildman–Crippen MR) is 60.4 cm³/mol. The Morgan fingerprint density at radius 3 is 3.13 bits per heavy atom. The summed E-state index contributed by atoms with van der Waals surface area (Å²) in [6, 6.07) is 11.3. The predicted octanol–water partition coefficient (Wildman–Crippen LogP) is 2.57. The van der Waals surface area contributed by atoms with E-state index in [1.54, 1.807) is 0 Å². The summed E-state index contributed by atoms with van der Waals surface area (Å²) in [6.07, 6.45) is 4.24. The number of benzene rings is 1. The van der Waals surface area contributed by atoms with Gasteiger partial charge in [-0.2, -0.15) is 5.26 Å². The van der Waals surface area contributed by atoms with Crippen molar-refractivity contribution in [2.45, 2.75) is 31.7 Å². The van der Waals surface area contributed by atoms with Gasteiger partial charge in [-0.25, -0.2) is 0 Å². The molecule has 1 atom stereocenters. The lowest BCUT2D eigenvalue weighted by Crippen LogP contribution is -2.25. The second-order valence-electron chi connectivity index (χ2n) is 4.01. The summed E-state index contributed by atoms with van der Waals surface area (Å²) in [5, 5.41) is 12.0. The Morgan fingerprint density at radius 2 is 2.27 bits per heavy atom. The molecule has 1 aromatic rings. The molecule has 0 aromatic heterocycles. The van der Waals surface area contributed by atoms with Gasteiger partial charge in [-0.15, -0.1) is 0 Å². The Bertz CT molecular complexity index is 365. The maximum absolute atomic E-state index is 8.50. The van der Waals surface area contributed by atoms with Gasteiger partial charge in [-0.1, -0.05) is 24.3 Å².